The predicted molar refractivity (Wildman–Crippen MR) is 37.9 cm³/mol. The van der Waals surface area contributed by atoms with Crippen molar-refractivity contribution in [2.75, 3.05) is 0 Å². The van der Waals surface area contributed by atoms with Gasteiger partial charge in [-0.3, -0.25) is 9.48 Å². The van der Waals surface area contributed by atoms with E-state index in [1.165, 1.54) is 6.92 Å². The quantitative estimate of drug-likeness (QED) is 0.711. The third-order valence-electron chi connectivity index (χ3n) is 1.32. The number of Topliss-reactive ketones (excluding diaryl/α,β-unsaturated/α-hetero) is 1. The summed E-state index contributed by atoms with van der Waals surface area (Å²) in [6, 6.07) is 0.836. The molecule has 0 aliphatic carbocycles. The van der Waals surface area contributed by atoms with Crippen molar-refractivity contribution in [3.8, 4) is 0 Å². The average molecular weight is 192 g/mol. The molecule has 13 heavy (non-hydrogen) atoms. The normalized spacial score (nSPS) is 11.7. The van der Waals surface area contributed by atoms with Crippen molar-refractivity contribution in [3.63, 3.8) is 0 Å². The Kier molecular flexibility index (Phi) is 2.40. The van der Waals surface area contributed by atoms with E-state index in [1.54, 1.807) is 0 Å². The van der Waals surface area contributed by atoms with E-state index in [2.05, 4.69) is 5.10 Å². The summed E-state index contributed by atoms with van der Waals surface area (Å²) in [4.78, 5) is 10.5. The maximum atomic E-state index is 12.0. The van der Waals surface area contributed by atoms with Crippen molar-refractivity contribution in [3.05, 3.63) is 18.0 Å². The van der Waals surface area contributed by atoms with Crippen LogP contribution in [0.25, 0.3) is 0 Å². The third-order valence-corrected chi connectivity index (χ3v) is 1.32. The third kappa shape index (κ3) is 2.57. The number of aromatic nitrogens is 2. The molecule has 1 heterocycles. The summed E-state index contributed by atoms with van der Waals surface area (Å²) in [7, 11) is 0. The number of halogens is 3. The van der Waals surface area contributed by atoms with Crippen LogP contribution in [0.4, 0.5) is 13.2 Å². The molecule has 6 heteroatoms. The van der Waals surface area contributed by atoms with Crippen molar-refractivity contribution < 1.29 is 18.0 Å². The Morgan fingerprint density at radius 1 is 1.62 bits per heavy atom. The van der Waals surface area contributed by atoms with Gasteiger partial charge in [0.2, 0.25) is 0 Å². The van der Waals surface area contributed by atoms with Crippen LogP contribution in [0.2, 0.25) is 0 Å². The lowest BCUT2D eigenvalue weighted by Crippen LogP contribution is -2.10. The highest BCUT2D eigenvalue weighted by atomic mass is 19.4. The Morgan fingerprint density at radius 2 is 2.23 bits per heavy atom. The molecule has 0 radical (unpaired) electrons. The zero-order chi connectivity index (χ0) is 10.1. The molecule has 3 nitrogen and oxygen atoms in total. The van der Waals surface area contributed by atoms with Crippen LogP contribution in [-0.2, 0) is 17.5 Å². The summed E-state index contributed by atoms with van der Waals surface area (Å²) in [5, 5.41) is 3.19. The van der Waals surface area contributed by atoms with E-state index in [-0.39, 0.29) is 12.3 Å². The van der Waals surface area contributed by atoms with E-state index in [1.807, 2.05) is 0 Å². The van der Waals surface area contributed by atoms with Crippen LogP contribution in [0.3, 0.4) is 0 Å². The molecule has 0 saturated carbocycles. The number of carbonyl (C=O) groups excluding carboxylic acids is 1. The molecule has 0 aliphatic heterocycles. The number of rotatable bonds is 2. The molecule has 0 fully saturated rings. The summed E-state index contributed by atoms with van der Waals surface area (Å²) in [6.45, 7) is 1.16. The van der Waals surface area contributed by atoms with Gasteiger partial charge in [0, 0.05) is 6.20 Å². The SMILES string of the molecule is CC(=O)Cn1ccc(C(F)(F)F)n1. The molecule has 0 aromatic carbocycles. The van der Waals surface area contributed by atoms with Crippen molar-refractivity contribution >= 4 is 5.78 Å². The van der Waals surface area contributed by atoms with Gasteiger partial charge in [-0.25, -0.2) is 0 Å². The maximum Gasteiger partial charge on any atom is 0.435 e. The Hall–Kier alpha value is -1.33. The first-order valence-electron chi connectivity index (χ1n) is 3.49. The highest BCUT2D eigenvalue weighted by molar-refractivity contribution is 5.75. The number of carbonyl (C=O) groups is 1. The molecular weight excluding hydrogens is 185 g/mol. The first kappa shape index (κ1) is 9.76. The van der Waals surface area contributed by atoms with Gasteiger partial charge in [-0.15, -0.1) is 0 Å². The summed E-state index contributed by atoms with van der Waals surface area (Å²) in [6.07, 6.45) is -3.31. The standard InChI is InChI=1S/C7H7F3N2O/c1-5(13)4-12-3-2-6(11-12)7(8,9)10/h2-3H,4H2,1H3. The minimum absolute atomic E-state index is 0.129. The first-order chi connectivity index (χ1) is 5.89. The average Bonchev–Trinajstić information content (AvgIpc) is 2.32. The van der Waals surface area contributed by atoms with Gasteiger partial charge in [0.15, 0.2) is 11.5 Å². The fraction of sp³-hybridized carbons (Fsp3) is 0.429. The fourth-order valence-electron chi connectivity index (χ4n) is 0.829. The van der Waals surface area contributed by atoms with E-state index in [4.69, 9.17) is 0 Å². The zero-order valence-corrected chi connectivity index (χ0v) is 6.80. The summed E-state index contributed by atoms with van der Waals surface area (Å²) in [5.41, 5.74) is -0.978. The molecular formula is C7H7F3N2O. The van der Waals surface area contributed by atoms with Crippen LogP contribution in [0.1, 0.15) is 12.6 Å². The summed E-state index contributed by atoms with van der Waals surface area (Å²) < 4.78 is 36.9. The summed E-state index contributed by atoms with van der Waals surface area (Å²) in [5.74, 6) is -0.239. The maximum absolute atomic E-state index is 12.0. The van der Waals surface area contributed by atoms with E-state index >= 15 is 0 Å². The molecule has 0 unspecified atom stereocenters. The molecule has 1 rings (SSSR count). The van der Waals surface area contributed by atoms with Gasteiger partial charge in [-0.05, 0) is 13.0 Å². The van der Waals surface area contributed by atoms with Crippen molar-refractivity contribution in [2.45, 2.75) is 19.6 Å². The monoisotopic (exact) mass is 192 g/mol. The van der Waals surface area contributed by atoms with Crippen LogP contribution in [0.15, 0.2) is 12.3 Å². The molecule has 0 saturated heterocycles. The van der Waals surface area contributed by atoms with Crippen molar-refractivity contribution in [1.29, 1.82) is 0 Å². The number of hydrogen-bond acceptors (Lipinski definition) is 2. The number of ketones is 1. The second-order valence-corrected chi connectivity index (χ2v) is 2.60. The van der Waals surface area contributed by atoms with Gasteiger partial charge in [0.25, 0.3) is 0 Å². The van der Waals surface area contributed by atoms with E-state index in [0.717, 1.165) is 16.9 Å². The van der Waals surface area contributed by atoms with Crippen LogP contribution in [0.5, 0.6) is 0 Å². The number of nitrogens with zero attached hydrogens (tertiary/aromatic N) is 2. The van der Waals surface area contributed by atoms with Crippen LogP contribution < -0.4 is 0 Å². The van der Waals surface area contributed by atoms with Crippen LogP contribution in [0, 0.1) is 0 Å². The van der Waals surface area contributed by atoms with Gasteiger partial charge in [-0.2, -0.15) is 18.3 Å². The van der Waals surface area contributed by atoms with Gasteiger partial charge >= 0.3 is 6.18 Å². The topological polar surface area (TPSA) is 34.9 Å². The molecule has 0 amide bonds. The first-order valence-corrected chi connectivity index (χ1v) is 3.49. The largest absolute Gasteiger partial charge is 0.435 e. The lowest BCUT2D eigenvalue weighted by molar-refractivity contribution is -0.141. The van der Waals surface area contributed by atoms with Gasteiger partial charge < -0.3 is 0 Å². The Labute approximate surface area is 72.2 Å². The Morgan fingerprint density at radius 3 is 2.62 bits per heavy atom. The number of alkyl halides is 3. The lowest BCUT2D eigenvalue weighted by atomic mass is 10.4. The minimum atomic E-state index is -4.44. The lowest BCUT2D eigenvalue weighted by Gasteiger charge is -2.00. The second-order valence-electron chi connectivity index (χ2n) is 2.60. The molecule has 0 atom stereocenters. The smallest absolute Gasteiger partial charge is 0.298 e. The van der Waals surface area contributed by atoms with Gasteiger partial charge in [0.1, 0.15) is 0 Å². The van der Waals surface area contributed by atoms with Crippen LogP contribution >= 0.6 is 0 Å². The molecule has 0 aliphatic rings. The second kappa shape index (κ2) is 3.20. The van der Waals surface area contributed by atoms with Gasteiger partial charge in [0.05, 0.1) is 6.54 Å². The Bertz CT molecular complexity index is 316. The minimum Gasteiger partial charge on any atom is -0.298 e. The molecule has 1 aromatic rings. The van der Waals surface area contributed by atoms with Crippen molar-refractivity contribution in [2.24, 2.45) is 0 Å². The fourth-order valence-corrected chi connectivity index (χ4v) is 0.829. The molecule has 0 spiro atoms. The van der Waals surface area contributed by atoms with E-state index in [9.17, 15) is 18.0 Å². The highest BCUT2D eigenvalue weighted by Gasteiger charge is 2.33. The zero-order valence-electron chi connectivity index (χ0n) is 6.80. The highest BCUT2D eigenvalue weighted by Crippen LogP contribution is 2.27. The Balaban J connectivity index is 2.81. The molecule has 72 valence electrons. The van der Waals surface area contributed by atoms with E-state index < -0.39 is 11.9 Å². The molecule has 0 bridgehead atoms. The van der Waals surface area contributed by atoms with Crippen LogP contribution in [-0.4, -0.2) is 15.6 Å². The summed E-state index contributed by atoms with van der Waals surface area (Å²) >= 11 is 0. The van der Waals surface area contributed by atoms with Crippen molar-refractivity contribution in [1.82, 2.24) is 9.78 Å². The molecule has 1 aromatic heterocycles. The van der Waals surface area contributed by atoms with Gasteiger partial charge in [-0.1, -0.05) is 0 Å². The van der Waals surface area contributed by atoms with E-state index in [0.29, 0.717) is 0 Å². The predicted octanol–water partition coefficient (Wildman–Crippen LogP) is 1.49. The number of hydrogen-bond donors (Lipinski definition) is 0. The molecule has 0 N–H and O–H groups in total.